The van der Waals surface area contributed by atoms with Gasteiger partial charge < -0.3 is 9.73 Å². The zero-order chi connectivity index (χ0) is 21.6. The van der Waals surface area contributed by atoms with Gasteiger partial charge in [0.05, 0.1) is 17.7 Å². The SMILES string of the molecule is C[C@H](NC(=O)c1ccc(S(=O)(=O)NCc2ccco2)cc1)C12CC3CC(CC(C3)C1)C2. The molecule has 6 rings (SSSR count). The zero-order valence-corrected chi connectivity index (χ0v) is 18.7. The van der Waals surface area contributed by atoms with Gasteiger partial charge in [-0.1, -0.05) is 0 Å². The molecule has 0 unspecified atom stereocenters. The van der Waals surface area contributed by atoms with Crippen molar-refractivity contribution in [3.05, 3.63) is 54.0 Å². The minimum atomic E-state index is -3.67. The fourth-order valence-electron chi connectivity index (χ4n) is 6.59. The van der Waals surface area contributed by atoms with Crippen molar-refractivity contribution in [2.45, 2.75) is 62.9 Å². The van der Waals surface area contributed by atoms with Gasteiger partial charge in [0.1, 0.15) is 5.76 Å². The summed E-state index contributed by atoms with van der Waals surface area (Å²) in [5.74, 6) is 2.92. The van der Waals surface area contributed by atoms with Crippen LogP contribution in [0.3, 0.4) is 0 Å². The molecule has 166 valence electrons. The van der Waals surface area contributed by atoms with E-state index in [4.69, 9.17) is 4.42 Å². The summed E-state index contributed by atoms with van der Waals surface area (Å²) in [6.07, 6.45) is 9.34. The number of sulfonamides is 1. The fraction of sp³-hybridized carbons (Fsp3) is 0.542. The van der Waals surface area contributed by atoms with Gasteiger partial charge in [-0.05, 0) is 105 Å². The Balaban J connectivity index is 1.23. The van der Waals surface area contributed by atoms with Crippen LogP contribution in [0.2, 0.25) is 0 Å². The minimum absolute atomic E-state index is 0.0835. The Hall–Kier alpha value is -2.12. The molecule has 4 fully saturated rings. The molecule has 1 atom stereocenters. The third kappa shape index (κ3) is 4.05. The average molecular weight is 443 g/mol. The Kier molecular flexibility index (Phi) is 5.21. The predicted octanol–water partition coefficient (Wildman–Crippen LogP) is 4.09. The van der Waals surface area contributed by atoms with Crippen LogP contribution in [0.4, 0.5) is 0 Å². The first-order valence-corrected chi connectivity index (χ1v) is 12.7. The number of benzene rings is 1. The van der Waals surface area contributed by atoms with Crippen LogP contribution in [0.1, 0.15) is 61.6 Å². The largest absolute Gasteiger partial charge is 0.468 e. The van der Waals surface area contributed by atoms with Crippen LogP contribution in [0.25, 0.3) is 0 Å². The molecular formula is C24H30N2O4S. The maximum Gasteiger partial charge on any atom is 0.251 e. The van der Waals surface area contributed by atoms with Gasteiger partial charge in [0.25, 0.3) is 5.91 Å². The molecule has 6 nitrogen and oxygen atoms in total. The van der Waals surface area contributed by atoms with E-state index in [2.05, 4.69) is 17.0 Å². The number of hydrogen-bond donors (Lipinski definition) is 2. The van der Waals surface area contributed by atoms with E-state index >= 15 is 0 Å². The summed E-state index contributed by atoms with van der Waals surface area (Å²) in [4.78, 5) is 13.0. The van der Waals surface area contributed by atoms with Crippen molar-refractivity contribution in [2.24, 2.45) is 23.2 Å². The van der Waals surface area contributed by atoms with E-state index in [1.54, 1.807) is 24.3 Å². The number of carbonyl (C=O) groups is 1. The monoisotopic (exact) mass is 442 g/mol. The molecule has 4 bridgehead atoms. The van der Waals surface area contributed by atoms with Crippen molar-refractivity contribution in [1.29, 1.82) is 0 Å². The van der Waals surface area contributed by atoms with E-state index in [-0.39, 0.29) is 28.8 Å². The molecule has 4 aliphatic rings. The van der Waals surface area contributed by atoms with Gasteiger partial charge in [0.15, 0.2) is 0 Å². The first-order chi connectivity index (χ1) is 14.8. The predicted molar refractivity (Wildman–Crippen MR) is 117 cm³/mol. The van der Waals surface area contributed by atoms with Crippen molar-refractivity contribution in [1.82, 2.24) is 10.0 Å². The molecule has 1 aromatic heterocycles. The van der Waals surface area contributed by atoms with Gasteiger partial charge in [-0.3, -0.25) is 4.79 Å². The topological polar surface area (TPSA) is 88.4 Å². The van der Waals surface area contributed by atoms with E-state index < -0.39 is 10.0 Å². The summed E-state index contributed by atoms with van der Waals surface area (Å²) in [5.41, 5.74) is 0.727. The fourth-order valence-corrected chi connectivity index (χ4v) is 7.58. The summed E-state index contributed by atoms with van der Waals surface area (Å²) in [6, 6.07) is 9.69. The molecule has 0 saturated heterocycles. The highest BCUT2D eigenvalue weighted by Gasteiger charge is 2.53. The standard InChI is InChI=1S/C24H30N2O4S/c1-16(24-12-17-9-18(13-24)11-19(10-17)14-24)26-23(27)20-4-6-22(7-5-20)31(28,29)25-15-21-3-2-8-30-21/h2-8,16-19,25H,9-15H2,1H3,(H,26,27)/t16-,17?,18?,19?,24?/m0/s1. The molecule has 4 saturated carbocycles. The second kappa shape index (κ2) is 7.78. The molecule has 0 radical (unpaired) electrons. The van der Waals surface area contributed by atoms with Crippen LogP contribution in [-0.2, 0) is 16.6 Å². The molecular weight excluding hydrogens is 412 g/mol. The Labute approximate surface area is 183 Å². The number of furan rings is 1. The number of amides is 1. The summed E-state index contributed by atoms with van der Waals surface area (Å²) in [7, 11) is -3.67. The Morgan fingerprint density at radius 3 is 2.23 bits per heavy atom. The molecule has 2 aromatic rings. The number of hydrogen-bond acceptors (Lipinski definition) is 4. The molecule has 1 aromatic carbocycles. The average Bonchev–Trinajstić information content (AvgIpc) is 3.25. The summed E-state index contributed by atoms with van der Waals surface area (Å²) in [5, 5.41) is 3.24. The maximum absolute atomic E-state index is 12.9. The first-order valence-electron chi connectivity index (χ1n) is 11.3. The number of nitrogens with one attached hydrogen (secondary N) is 2. The van der Waals surface area contributed by atoms with Gasteiger partial charge >= 0.3 is 0 Å². The van der Waals surface area contributed by atoms with Crippen molar-refractivity contribution in [3.63, 3.8) is 0 Å². The molecule has 31 heavy (non-hydrogen) atoms. The Morgan fingerprint density at radius 2 is 1.68 bits per heavy atom. The van der Waals surface area contributed by atoms with E-state index in [0.29, 0.717) is 11.3 Å². The van der Waals surface area contributed by atoms with Gasteiger partial charge in [0, 0.05) is 11.6 Å². The van der Waals surface area contributed by atoms with Crippen molar-refractivity contribution >= 4 is 15.9 Å². The third-order valence-corrected chi connectivity index (χ3v) is 9.21. The summed E-state index contributed by atoms with van der Waals surface area (Å²) < 4.78 is 32.7. The Bertz CT molecular complexity index is 1010. The van der Waals surface area contributed by atoms with Crippen LogP contribution < -0.4 is 10.0 Å². The van der Waals surface area contributed by atoms with Gasteiger partial charge in [-0.2, -0.15) is 0 Å². The lowest BCUT2D eigenvalue weighted by atomic mass is 9.48. The summed E-state index contributed by atoms with van der Waals surface area (Å²) in [6.45, 7) is 2.24. The lowest BCUT2D eigenvalue weighted by Crippen LogP contribution is -2.55. The van der Waals surface area contributed by atoms with Crippen LogP contribution in [0.5, 0.6) is 0 Å². The lowest BCUT2D eigenvalue weighted by Gasteiger charge is -2.59. The minimum Gasteiger partial charge on any atom is -0.468 e. The lowest BCUT2D eigenvalue weighted by molar-refractivity contribution is -0.0688. The molecule has 0 spiro atoms. The normalized spacial score (nSPS) is 30.3. The smallest absolute Gasteiger partial charge is 0.251 e. The maximum atomic E-state index is 12.9. The number of rotatable bonds is 7. The second-order valence-corrected chi connectivity index (χ2v) is 11.7. The van der Waals surface area contributed by atoms with Crippen LogP contribution in [0.15, 0.2) is 52.0 Å². The van der Waals surface area contributed by atoms with E-state index in [1.165, 1.54) is 56.9 Å². The first kappa shape index (κ1) is 20.8. The molecule has 0 aliphatic heterocycles. The van der Waals surface area contributed by atoms with Crippen molar-refractivity contribution in [2.75, 3.05) is 0 Å². The van der Waals surface area contributed by atoms with E-state index in [9.17, 15) is 13.2 Å². The molecule has 2 N–H and O–H groups in total. The van der Waals surface area contributed by atoms with Crippen LogP contribution >= 0.6 is 0 Å². The van der Waals surface area contributed by atoms with Crippen LogP contribution in [0, 0.1) is 23.2 Å². The van der Waals surface area contributed by atoms with E-state index in [1.807, 2.05) is 0 Å². The third-order valence-electron chi connectivity index (χ3n) is 7.80. The van der Waals surface area contributed by atoms with E-state index in [0.717, 1.165) is 17.8 Å². The van der Waals surface area contributed by atoms with Crippen molar-refractivity contribution < 1.29 is 17.6 Å². The van der Waals surface area contributed by atoms with Crippen LogP contribution in [-0.4, -0.2) is 20.4 Å². The Morgan fingerprint density at radius 1 is 1.06 bits per heavy atom. The van der Waals surface area contributed by atoms with Gasteiger partial charge in [0.2, 0.25) is 10.0 Å². The summed E-state index contributed by atoms with van der Waals surface area (Å²) >= 11 is 0. The molecule has 1 amide bonds. The number of carbonyl (C=O) groups excluding carboxylic acids is 1. The molecule has 4 aliphatic carbocycles. The second-order valence-electron chi connectivity index (χ2n) is 9.90. The quantitative estimate of drug-likeness (QED) is 0.676. The van der Waals surface area contributed by atoms with Crippen molar-refractivity contribution in [3.8, 4) is 0 Å². The highest BCUT2D eigenvalue weighted by molar-refractivity contribution is 7.89. The van der Waals surface area contributed by atoms with Gasteiger partial charge in [-0.25, -0.2) is 13.1 Å². The highest BCUT2D eigenvalue weighted by atomic mass is 32.2. The highest BCUT2D eigenvalue weighted by Crippen LogP contribution is 2.61. The molecule has 1 heterocycles. The van der Waals surface area contributed by atoms with Gasteiger partial charge in [-0.15, -0.1) is 0 Å². The molecule has 7 heteroatoms. The zero-order valence-electron chi connectivity index (χ0n) is 17.8.